The molecule has 0 aliphatic carbocycles. The molecule has 0 spiro atoms. The van der Waals surface area contributed by atoms with Crippen LogP contribution in [0.25, 0.3) is 0 Å². The predicted molar refractivity (Wildman–Crippen MR) is 103 cm³/mol. The van der Waals surface area contributed by atoms with Crippen molar-refractivity contribution >= 4 is 27.3 Å². The summed E-state index contributed by atoms with van der Waals surface area (Å²) >= 11 is 6.26. The lowest BCUT2D eigenvalue weighted by Crippen LogP contribution is -2.47. The molecule has 1 fully saturated rings. The van der Waals surface area contributed by atoms with E-state index in [9.17, 15) is 8.42 Å². The minimum atomic E-state index is -3.67. The van der Waals surface area contributed by atoms with Crippen LogP contribution in [0.1, 0.15) is 0 Å². The molecule has 2 aromatic rings. The first-order valence-corrected chi connectivity index (χ1v) is 10.3. The highest BCUT2D eigenvalue weighted by Crippen LogP contribution is 2.26. The average Bonchev–Trinajstić information content (AvgIpc) is 2.63. The summed E-state index contributed by atoms with van der Waals surface area (Å²) in [4.78, 5) is 4.72. The van der Waals surface area contributed by atoms with Gasteiger partial charge in [0.2, 0.25) is 10.0 Å². The van der Waals surface area contributed by atoms with Gasteiger partial charge in [0, 0.05) is 32.7 Å². The van der Waals surface area contributed by atoms with E-state index < -0.39 is 10.0 Å². The number of nitrogens with two attached hydrogens (primary N) is 1. The number of halogens is 1. The van der Waals surface area contributed by atoms with Crippen molar-refractivity contribution in [2.45, 2.75) is 4.90 Å². The van der Waals surface area contributed by atoms with E-state index >= 15 is 0 Å². The first kappa shape index (κ1) is 19.0. The summed E-state index contributed by atoms with van der Waals surface area (Å²) in [6.45, 7) is 5.09. The average molecular weight is 396 g/mol. The standard InChI is InChI=1S/C18H22ClN3O3S/c19-17-3-1-2-4-18(17)22-11-9-21(10-12-22)13-14-25-15-5-7-16(8-6-15)26(20,23)24/h1-8H,9-14H2,(H2,20,23,24). The number of hydrogen-bond donors (Lipinski definition) is 1. The molecular weight excluding hydrogens is 374 g/mol. The minimum absolute atomic E-state index is 0.0838. The zero-order valence-electron chi connectivity index (χ0n) is 14.3. The third-order valence-corrected chi connectivity index (χ3v) is 5.64. The van der Waals surface area contributed by atoms with Crippen LogP contribution in [0.15, 0.2) is 53.4 Å². The van der Waals surface area contributed by atoms with E-state index in [-0.39, 0.29) is 4.90 Å². The molecule has 0 radical (unpaired) electrons. The number of hydrogen-bond acceptors (Lipinski definition) is 5. The van der Waals surface area contributed by atoms with Gasteiger partial charge in [-0.05, 0) is 36.4 Å². The molecule has 3 rings (SSSR count). The van der Waals surface area contributed by atoms with Gasteiger partial charge in [-0.1, -0.05) is 23.7 Å². The highest BCUT2D eigenvalue weighted by atomic mass is 35.5. The zero-order chi connectivity index (χ0) is 18.6. The normalized spacial score (nSPS) is 15.8. The van der Waals surface area contributed by atoms with Gasteiger partial charge in [0.25, 0.3) is 0 Å². The summed E-state index contributed by atoms with van der Waals surface area (Å²) in [7, 11) is -3.67. The molecule has 0 aromatic heterocycles. The lowest BCUT2D eigenvalue weighted by molar-refractivity contribution is 0.200. The van der Waals surface area contributed by atoms with Crippen molar-refractivity contribution in [3.8, 4) is 5.75 Å². The highest BCUT2D eigenvalue weighted by Gasteiger charge is 2.18. The predicted octanol–water partition coefficient (Wildman–Crippen LogP) is 2.19. The number of benzene rings is 2. The smallest absolute Gasteiger partial charge is 0.238 e. The minimum Gasteiger partial charge on any atom is -0.492 e. The number of ether oxygens (including phenoxy) is 1. The Hall–Kier alpha value is -1.80. The summed E-state index contributed by atoms with van der Waals surface area (Å²) in [6.07, 6.45) is 0. The maximum absolute atomic E-state index is 11.2. The molecule has 1 aliphatic rings. The van der Waals surface area contributed by atoms with Crippen LogP contribution in [-0.2, 0) is 10.0 Å². The third kappa shape index (κ3) is 4.88. The van der Waals surface area contributed by atoms with E-state index in [1.54, 1.807) is 12.1 Å². The largest absolute Gasteiger partial charge is 0.492 e. The maximum atomic E-state index is 11.2. The van der Waals surface area contributed by atoms with Gasteiger partial charge in [-0.15, -0.1) is 0 Å². The quantitative estimate of drug-likeness (QED) is 0.811. The van der Waals surface area contributed by atoms with Crippen molar-refractivity contribution in [3.05, 3.63) is 53.6 Å². The topological polar surface area (TPSA) is 75.9 Å². The molecule has 6 nitrogen and oxygen atoms in total. The van der Waals surface area contributed by atoms with Crippen LogP contribution < -0.4 is 14.8 Å². The second-order valence-corrected chi connectivity index (χ2v) is 8.11. The Labute approximate surface area is 159 Å². The molecule has 0 atom stereocenters. The third-order valence-electron chi connectivity index (χ3n) is 4.39. The second kappa shape index (κ2) is 8.26. The van der Waals surface area contributed by atoms with Crippen LogP contribution in [0.2, 0.25) is 5.02 Å². The lowest BCUT2D eigenvalue weighted by atomic mass is 10.2. The molecule has 8 heteroatoms. The second-order valence-electron chi connectivity index (χ2n) is 6.14. The first-order valence-electron chi connectivity index (χ1n) is 8.41. The monoisotopic (exact) mass is 395 g/mol. The van der Waals surface area contributed by atoms with E-state index in [1.807, 2.05) is 24.3 Å². The molecule has 0 saturated carbocycles. The van der Waals surface area contributed by atoms with Crippen LogP contribution >= 0.6 is 11.6 Å². The Morgan fingerprint density at radius 3 is 2.27 bits per heavy atom. The fraction of sp³-hybridized carbons (Fsp3) is 0.333. The highest BCUT2D eigenvalue weighted by molar-refractivity contribution is 7.89. The van der Waals surface area contributed by atoms with Crippen molar-refractivity contribution in [3.63, 3.8) is 0 Å². The van der Waals surface area contributed by atoms with E-state index in [1.165, 1.54) is 12.1 Å². The van der Waals surface area contributed by atoms with Crippen LogP contribution in [0.5, 0.6) is 5.75 Å². The molecule has 0 bridgehead atoms. The fourth-order valence-electron chi connectivity index (χ4n) is 2.94. The number of rotatable bonds is 6. The molecule has 0 amide bonds. The number of para-hydroxylation sites is 1. The number of nitrogens with zero attached hydrogens (tertiary/aromatic N) is 2. The Balaban J connectivity index is 1.44. The Morgan fingerprint density at radius 1 is 1.00 bits per heavy atom. The van der Waals surface area contributed by atoms with Gasteiger partial charge < -0.3 is 9.64 Å². The van der Waals surface area contributed by atoms with Gasteiger partial charge in [0.1, 0.15) is 12.4 Å². The molecule has 1 saturated heterocycles. The first-order chi connectivity index (χ1) is 12.4. The molecular formula is C18H22ClN3O3S. The van der Waals surface area contributed by atoms with Gasteiger partial charge >= 0.3 is 0 Å². The molecule has 1 aliphatic heterocycles. The molecule has 26 heavy (non-hydrogen) atoms. The SMILES string of the molecule is NS(=O)(=O)c1ccc(OCCN2CCN(c3ccccc3Cl)CC2)cc1. The van der Waals surface area contributed by atoms with Gasteiger partial charge in [0.15, 0.2) is 0 Å². The van der Waals surface area contributed by atoms with Crippen molar-refractivity contribution in [1.29, 1.82) is 0 Å². The molecule has 140 valence electrons. The van der Waals surface area contributed by atoms with Crippen LogP contribution in [-0.4, -0.2) is 52.6 Å². The zero-order valence-corrected chi connectivity index (χ0v) is 15.9. The van der Waals surface area contributed by atoms with Crippen LogP contribution in [0.4, 0.5) is 5.69 Å². The maximum Gasteiger partial charge on any atom is 0.238 e. The van der Waals surface area contributed by atoms with Gasteiger partial charge in [-0.3, -0.25) is 4.90 Å². The van der Waals surface area contributed by atoms with Crippen LogP contribution in [0.3, 0.4) is 0 Å². The summed E-state index contributed by atoms with van der Waals surface area (Å²) in [6, 6.07) is 14.0. The summed E-state index contributed by atoms with van der Waals surface area (Å²) in [5.41, 5.74) is 1.08. The van der Waals surface area contributed by atoms with E-state index in [0.717, 1.165) is 43.4 Å². The summed E-state index contributed by atoms with van der Waals surface area (Å²) < 4.78 is 28.2. The van der Waals surface area contributed by atoms with Crippen molar-refractivity contribution in [2.24, 2.45) is 5.14 Å². The van der Waals surface area contributed by atoms with Crippen LogP contribution in [0, 0.1) is 0 Å². The van der Waals surface area contributed by atoms with Crippen molar-refractivity contribution in [1.82, 2.24) is 4.90 Å². The molecule has 1 heterocycles. The van der Waals surface area contributed by atoms with E-state index in [4.69, 9.17) is 21.5 Å². The lowest BCUT2D eigenvalue weighted by Gasteiger charge is -2.36. The summed E-state index contributed by atoms with van der Waals surface area (Å²) in [5, 5.41) is 5.86. The van der Waals surface area contributed by atoms with Gasteiger partial charge in [-0.25, -0.2) is 13.6 Å². The van der Waals surface area contributed by atoms with Crippen molar-refractivity contribution < 1.29 is 13.2 Å². The number of primary sulfonamides is 1. The Kier molecular flexibility index (Phi) is 6.03. The number of anilines is 1. The number of sulfonamides is 1. The fourth-order valence-corrected chi connectivity index (χ4v) is 3.71. The van der Waals surface area contributed by atoms with Gasteiger partial charge in [-0.2, -0.15) is 0 Å². The summed E-state index contributed by atoms with van der Waals surface area (Å²) in [5.74, 6) is 0.632. The van der Waals surface area contributed by atoms with E-state index in [2.05, 4.69) is 9.80 Å². The van der Waals surface area contributed by atoms with E-state index in [0.29, 0.717) is 12.4 Å². The molecule has 2 N–H and O–H groups in total. The van der Waals surface area contributed by atoms with Gasteiger partial charge in [0.05, 0.1) is 15.6 Å². The van der Waals surface area contributed by atoms with Crippen molar-refractivity contribution in [2.75, 3.05) is 44.2 Å². The Bertz CT molecular complexity index is 835. The Morgan fingerprint density at radius 2 is 1.65 bits per heavy atom. The molecule has 0 unspecified atom stereocenters. The molecule has 2 aromatic carbocycles. The number of piperazine rings is 1.